The fourth-order valence-corrected chi connectivity index (χ4v) is 1.69. The molecule has 0 aliphatic heterocycles. The number of ether oxygens (including phenoxy) is 1. The Morgan fingerprint density at radius 1 is 1.35 bits per heavy atom. The van der Waals surface area contributed by atoms with Crippen molar-refractivity contribution in [2.75, 3.05) is 13.2 Å². The largest absolute Gasteiger partial charge is 0.492 e. The van der Waals surface area contributed by atoms with Crippen LogP contribution in [0.5, 0.6) is 5.75 Å². The van der Waals surface area contributed by atoms with Gasteiger partial charge in [0.25, 0.3) is 0 Å². The van der Waals surface area contributed by atoms with Gasteiger partial charge in [-0.3, -0.25) is 0 Å². The molecule has 0 bridgehead atoms. The Kier molecular flexibility index (Phi) is 6.30. The van der Waals surface area contributed by atoms with E-state index in [0.29, 0.717) is 18.4 Å². The van der Waals surface area contributed by atoms with Crippen molar-refractivity contribution < 1.29 is 9.13 Å². The van der Waals surface area contributed by atoms with E-state index in [0.717, 1.165) is 19.4 Å². The van der Waals surface area contributed by atoms with Gasteiger partial charge in [-0.05, 0) is 25.0 Å². The van der Waals surface area contributed by atoms with E-state index >= 15 is 0 Å². The molecule has 0 radical (unpaired) electrons. The Hall–Kier alpha value is -0.800. The summed E-state index contributed by atoms with van der Waals surface area (Å²) in [6.45, 7) is 5.58. The van der Waals surface area contributed by atoms with Crippen molar-refractivity contribution in [1.82, 2.24) is 5.32 Å². The average molecular weight is 260 g/mol. The van der Waals surface area contributed by atoms with Crippen LogP contribution in [0.1, 0.15) is 26.7 Å². The number of nitrogens with one attached hydrogen (secondary N) is 1. The maximum Gasteiger partial charge on any atom is 0.145 e. The van der Waals surface area contributed by atoms with E-state index in [1.165, 1.54) is 12.1 Å². The van der Waals surface area contributed by atoms with Crippen LogP contribution in [0, 0.1) is 5.82 Å². The first-order valence-corrected chi connectivity index (χ1v) is 6.36. The van der Waals surface area contributed by atoms with Crippen LogP contribution < -0.4 is 10.1 Å². The Morgan fingerprint density at radius 2 is 2.06 bits per heavy atom. The average Bonchev–Trinajstić information content (AvgIpc) is 2.34. The van der Waals surface area contributed by atoms with Gasteiger partial charge >= 0.3 is 0 Å². The normalized spacial score (nSPS) is 10.9. The van der Waals surface area contributed by atoms with Crippen LogP contribution in [0.3, 0.4) is 0 Å². The molecular formula is C13H19ClFNO. The van der Waals surface area contributed by atoms with E-state index in [2.05, 4.69) is 19.2 Å². The molecule has 0 saturated carbocycles. The Bertz CT molecular complexity index is 342. The second kappa shape index (κ2) is 7.51. The molecule has 0 atom stereocenters. The highest BCUT2D eigenvalue weighted by molar-refractivity contribution is 6.30. The molecule has 96 valence electrons. The summed E-state index contributed by atoms with van der Waals surface area (Å²) in [6, 6.07) is 5.00. The molecule has 1 rings (SSSR count). The molecule has 1 N–H and O–H groups in total. The highest BCUT2D eigenvalue weighted by Crippen LogP contribution is 2.20. The molecule has 0 aliphatic carbocycles. The second-order valence-corrected chi connectivity index (χ2v) is 4.30. The van der Waals surface area contributed by atoms with Gasteiger partial charge in [0.05, 0.1) is 5.02 Å². The van der Waals surface area contributed by atoms with E-state index in [-0.39, 0.29) is 5.02 Å². The van der Waals surface area contributed by atoms with E-state index in [4.69, 9.17) is 16.3 Å². The lowest BCUT2D eigenvalue weighted by Gasteiger charge is -2.14. The first kappa shape index (κ1) is 14.3. The van der Waals surface area contributed by atoms with E-state index < -0.39 is 5.82 Å². The van der Waals surface area contributed by atoms with Gasteiger partial charge < -0.3 is 10.1 Å². The summed E-state index contributed by atoms with van der Waals surface area (Å²) in [7, 11) is 0. The van der Waals surface area contributed by atoms with Gasteiger partial charge in [0.1, 0.15) is 18.2 Å². The van der Waals surface area contributed by atoms with Crippen LogP contribution >= 0.6 is 11.6 Å². The number of benzene rings is 1. The third kappa shape index (κ3) is 4.92. The summed E-state index contributed by atoms with van der Waals surface area (Å²) in [6.07, 6.45) is 2.21. The summed E-state index contributed by atoms with van der Waals surface area (Å²) in [4.78, 5) is 0. The van der Waals surface area contributed by atoms with Crippen LogP contribution in [-0.4, -0.2) is 19.2 Å². The predicted molar refractivity (Wildman–Crippen MR) is 69.3 cm³/mol. The molecule has 1 aromatic carbocycles. The van der Waals surface area contributed by atoms with Gasteiger partial charge in [-0.1, -0.05) is 25.4 Å². The molecule has 0 aromatic heterocycles. The molecule has 0 fully saturated rings. The van der Waals surface area contributed by atoms with Crippen molar-refractivity contribution in [2.24, 2.45) is 0 Å². The molecule has 4 heteroatoms. The van der Waals surface area contributed by atoms with Crippen molar-refractivity contribution in [1.29, 1.82) is 0 Å². The standard InChI is InChI=1S/C13H19ClFNO/c1-3-10(4-2)16-7-8-17-11-5-6-12(14)13(15)9-11/h5-6,9-10,16H,3-4,7-8H2,1-2H3. The van der Waals surface area contributed by atoms with Gasteiger partial charge in [-0.25, -0.2) is 4.39 Å². The topological polar surface area (TPSA) is 21.3 Å². The SMILES string of the molecule is CCC(CC)NCCOc1ccc(Cl)c(F)c1. The van der Waals surface area contributed by atoms with Crippen molar-refractivity contribution in [2.45, 2.75) is 32.7 Å². The molecule has 0 unspecified atom stereocenters. The summed E-state index contributed by atoms with van der Waals surface area (Å²) in [5.74, 6) is 0.0652. The number of halogens is 2. The molecule has 0 amide bonds. The third-order valence-corrected chi connectivity index (χ3v) is 2.99. The zero-order chi connectivity index (χ0) is 12.7. The Balaban J connectivity index is 2.28. The van der Waals surface area contributed by atoms with Crippen molar-refractivity contribution in [3.63, 3.8) is 0 Å². The zero-order valence-electron chi connectivity index (χ0n) is 10.3. The van der Waals surface area contributed by atoms with E-state index in [9.17, 15) is 4.39 Å². The minimum atomic E-state index is -0.447. The van der Waals surface area contributed by atoms with Gasteiger partial charge in [0.2, 0.25) is 0 Å². The fourth-order valence-electron chi connectivity index (χ4n) is 1.58. The van der Waals surface area contributed by atoms with Crippen LogP contribution in [-0.2, 0) is 0 Å². The molecule has 0 saturated heterocycles. The molecule has 0 aliphatic rings. The van der Waals surface area contributed by atoms with Crippen LogP contribution in [0.2, 0.25) is 5.02 Å². The molecule has 0 heterocycles. The number of hydrogen-bond donors (Lipinski definition) is 1. The number of hydrogen-bond acceptors (Lipinski definition) is 2. The van der Waals surface area contributed by atoms with Crippen LogP contribution in [0.25, 0.3) is 0 Å². The first-order valence-electron chi connectivity index (χ1n) is 5.98. The van der Waals surface area contributed by atoms with Gasteiger partial charge in [0, 0.05) is 18.7 Å². The summed E-state index contributed by atoms with van der Waals surface area (Å²) < 4.78 is 18.5. The van der Waals surface area contributed by atoms with Crippen molar-refractivity contribution >= 4 is 11.6 Å². The monoisotopic (exact) mass is 259 g/mol. The molecule has 0 spiro atoms. The Labute approximate surface area is 107 Å². The second-order valence-electron chi connectivity index (χ2n) is 3.89. The quantitative estimate of drug-likeness (QED) is 0.755. The lowest BCUT2D eigenvalue weighted by Crippen LogP contribution is -2.31. The maximum absolute atomic E-state index is 13.1. The highest BCUT2D eigenvalue weighted by atomic mass is 35.5. The summed E-state index contributed by atoms with van der Waals surface area (Å²) >= 11 is 5.58. The zero-order valence-corrected chi connectivity index (χ0v) is 11.1. The van der Waals surface area contributed by atoms with Gasteiger partial charge in [0.15, 0.2) is 0 Å². The minimum Gasteiger partial charge on any atom is -0.492 e. The van der Waals surface area contributed by atoms with Gasteiger partial charge in [-0.15, -0.1) is 0 Å². The van der Waals surface area contributed by atoms with E-state index in [1.807, 2.05) is 0 Å². The third-order valence-electron chi connectivity index (χ3n) is 2.68. The van der Waals surface area contributed by atoms with E-state index in [1.54, 1.807) is 6.07 Å². The van der Waals surface area contributed by atoms with Crippen molar-refractivity contribution in [3.8, 4) is 5.75 Å². The molecular weight excluding hydrogens is 241 g/mol. The smallest absolute Gasteiger partial charge is 0.145 e. The number of rotatable bonds is 7. The maximum atomic E-state index is 13.1. The highest BCUT2D eigenvalue weighted by Gasteiger charge is 2.03. The summed E-state index contributed by atoms with van der Waals surface area (Å²) in [5, 5.41) is 3.49. The van der Waals surface area contributed by atoms with Crippen molar-refractivity contribution in [3.05, 3.63) is 29.0 Å². The van der Waals surface area contributed by atoms with Gasteiger partial charge in [-0.2, -0.15) is 0 Å². The Morgan fingerprint density at radius 3 is 2.65 bits per heavy atom. The molecule has 1 aromatic rings. The minimum absolute atomic E-state index is 0.118. The molecule has 17 heavy (non-hydrogen) atoms. The predicted octanol–water partition coefficient (Wildman–Crippen LogP) is 3.64. The first-order chi connectivity index (χ1) is 8.17. The lowest BCUT2D eigenvalue weighted by molar-refractivity contribution is 0.301. The lowest BCUT2D eigenvalue weighted by atomic mass is 10.2. The summed E-state index contributed by atoms with van der Waals surface area (Å²) in [5.41, 5.74) is 0. The fraction of sp³-hybridized carbons (Fsp3) is 0.538. The van der Waals surface area contributed by atoms with Crippen LogP contribution in [0.4, 0.5) is 4.39 Å². The molecule has 2 nitrogen and oxygen atoms in total. The van der Waals surface area contributed by atoms with Crippen LogP contribution in [0.15, 0.2) is 18.2 Å².